The second-order valence-electron chi connectivity index (χ2n) is 13.0. The summed E-state index contributed by atoms with van der Waals surface area (Å²) in [6, 6.07) is 14.4. The lowest BCUT2D eigenvalue weighted by Gasteiger charge is -2.17. The number of cyclic esters (lactones) is 2. The third-order valence-electron chi connectivity index (χ3n) is 9.80. The number of rotatable bonds is 14. The Hall–Kier alpha value is -5.62. The molecule has 4 aromatic rings. The van der Waals surface area contributed by atoms with Crippen molar-refractivity contribution in [3.05, 3.63) is 100 Å². The molecule has 0 radical (unpaired) electrons. The normalized spacial score (nSPS) is 16.7. The van der Waals surface area contributed by atoms with Crippen molar-refractivity contribution in [1.82, 2.24) is 15.3 Å². The van der Waals surface area contributed by atoms with Gasteiger partial charge in [0.1, 0.15) is 28.9 Å². The first-order chi connectivity index (χ1) is 25.2. The Bertz CT molecular complexity index is 1870. The number of hydrogen-bond donors (Lipinski definition) is 2. The lowest BCUT2D eigenvalue weighted by molar-refractivity contribution is -0.141. The van der Waals surface area contributed by atoms with Gasteiger partial charge in [-0.05, 0) is 67.0 Å². The molecule has 2 aromatic carbocycles. The quantitative estimate of drug-likeness (QED) is 0.129. The number of nitrogens with one attached hydrogen (secondary N) is 2. The summed E-state index contributed by atoms with van der Waals surface area (Å²) < 4.78 is 21.2. The molecule has 0 spiro atoms. The molecule has 4 heterocycles. The highest BCUT2D eigenvalue weighted by Crippen LogP contribution is 2.33. The molecule has 2 saturated heterocycles. The van der Waals surface area contributed by atoms with Crippen molar-refractivity contribution >= 4 is 29.3 Å². The van der Waals surface area contributed by atoms with Gasteiger partial charge in [0.25, 0.3) is 5.91 Å². The van der Waals surface area contributed by atoms with Crippen LogP contribution in [0.5, 0.6) is 11.5 Å². The summed E-state index contributed by atoms with van der Waals surface area (Å²) in [5, 5.41) is 6.16. The topological polar surface area (TPSA) is 155 Å². The number of amides is 1. The number of hydrogen-bond acceptors (Lipinski definition) is 11. The summed E-state index contributed by atoms with van der Waals surface area (Å²) in [4.78, 5) is 59.4. The summed E-state index contributed by atoms with van der Waals surface area (Å²) in [7, 11) is 3.08. The van der Waals surface area contributed by atoms with Gasteiger partial charge in [0, 0.05) is 60.7 Å². The van der Waals surface area contributed by atoms with Crippen LogP contribution in [0, 0.1) is 19.8 Å². The number of carbonyl (C=O) groups excluding carboxylic acids is 4. The predicted octanol–water partition coefficient (Wildman–Crippen LogP) is 5.36. The van der Waals surface area contributed by atoms with Crippen LogP contribution in [0.2, 0.25) is 0 Å². The van der Waals surface area contributed by atoms with Crippen LogP contribution in [0.25, 0.3) is 11.1 Å². The van der Waals surface area contributed by atoms with E-state index >= 15 is 0 Å². The molecule has 2 N–H and O–H groups in total. The molecule has 2 aliphatic heterocycles. The van der Waals surface area contributed by atoms with Gasteiger partial charge in [-0.3, -0.25) is 34.5 Å². The molecule has 6 rings (SSSR count). The van der Waals surface area contributed by atoms with E-state index < -0.39 is 0 Å². The Morgan fingerprint density at radius 2 is 1.46 bits per heavy atom. The highest BCUT2D eigenvalue weighted by molar-refractivity contribution is 6.04. The van der Waals surface area contributed by atoms with Crippen molar-refractivity contribution in [2.45, 2.75) is 58.5 Å². The Kier molecular flexibility index (Phi) is 11.2. The van der Waals surface area contributed by atoms with E-state index in [0.29, 0.717) is 62.6 Å². The highest BCUT2D eigenvalue weighted by atomic mass is 16.5. The molecule has 52 heavy (non-hydrogen) atoms. The van der Waals surface area contributed by atoms with Crippen LogP contribution in [0.15, 0.2) is 60.9 Å². The number of benzene rings is 2. The van der Waals surface area contributed by atoms with Gasteiger partial charge >= 0.3 is 11.9 Å². The largest absolute Gasteiger partial charge is 0.496 e. The Morgan fingerprint density at radius 1 is 0.808 bits per heavy atom. The van der Waals surface area contributed by atoms with E-state index in [4.69, 9.17) is 18.9 Å². The fourth-order valence-corrected chi connectivity index (χ4v) is 6.63. The zero-order valence-corrected chi connectivity index (χ0v) is 29.7. The van der Waals surface area contributed by atoms with Crippen LogP contribution in [0.1, 0.15) is 68.1 Å². The SMILES string of the molecule is COc1cc(C(=O)Nc2cccc(-c3cccc(CC(=O)c4cc(OC)c(CN[C@@H]5CCOC5=O)cn4)c3C)c2C)ncc1CC[C@@H]1CCOC1=O. The van der Waals surface area contributed by atoms with Crippen LogP contribution in [0.4, 0.5) is 5.69 Å². The van der Waals surface area contributed by atoms with E-state index in [-0.39, 0.29) is 53.4 Å². The summed E-state index contributed by atoms with van der Waals surface area (Å²) in [5.41, 5.74) is 7.16. The van der Waals surface area contributed by atoms with Gasteiger partial charge in [-0.15, -0.1) is 0 Å². The number of pyridine rings is 2. The molecule has 0 aliphatic carbocycles. The average molecular weight is 707 g/mol. The second-order valence-corrected chi connectivity index (χ2v) is 13.0. The van der Waals surface area contributed by atoms with Crippen LogP contribution >= 0.6 is 0 Å². The zero-order chi connectivity index (χ0) is 36.8. The predicted molar refractivity (Wildman–Crippen MR) is 193 cm³/mol. The number of aryl methyl sites for hydroxylation is 1. The highest BCUT2D eigenvalue weighted by Gasteiger charge is 2.27. The lowest BCUT2D eigenvalue weighted by Crippen LogP contribution is -2.32. The third kappa shape index (κ3) is 7.97. The average Bonchev–Trinajstić information content (AvgIpc) is 3.77. The maximum absolute atomic E-state index is 13.5. The Balaban J connectivity index is 1.14. The van der Waals surface area contributed by atoms with E-state index in [0.717, 1.165) is 38.9 Å². The summed E-state index contributed by atoms with van der Waals surface area (Å²) in [6.45, 7) is 5.12. The van der Waals surface area contributed by atoms with Gasteiger partial charge in [-0.1, -0.05) is 30.3 Å². The number of anilines is 1. The van der Waals surface area contributed by atoms with Gasteiger partial charge in [0.2, 0.25) is 0 Å². The van der Waals surface area contributed by atoms with E-state index in [1.54, 1.807) is 31.6 Å². The molecule has 2 fully saturated rings. The smallest absolute Gasteiger partial charge is 0.323 e. The maximum Gasteiger partial charge on any atom is 0.323 e. The molecule has 2 atom stereocenters. The van der Waals surface area contributed by atoms with Crippen molar-refractivity contribution < 1.29 is 38.1 Å². The van der Waals surface area contributed by atoms with Crippen molar-refractivity contribution in [3.63, 3.8) is 0 Å². The molecular weight excluding hydrogens is 664 g/mol. The molecular formula is C40H42N4O8. The fraction of sp³-hybridized carbons (Fsp3) is 0.350. The molecule has 2 aliphatic rings. The summed E-state index contributed by atoms with van der Waals surface area (Å²) in [6.07, 6.45) is 5.88. The molecule has 1 amide bonds. The van der Waals surface area contributed by atoms with Crippen molar-refractivity contribution in [3.8, 4) is 22.6 Å². The van der Waals surface area contributed by atoms with Gasteiger partial charge in [-0.2, -0.15) is 0 Å². The van der Waals surface area contributed by atoms with Gasteiger partial charge in [0.15, 0.2) is 5.78 Å². The number of carbonyl (C=O) groups is 4. The van der Waals surface area contributed by atoms with E-state index in [1.165, 1.54) is 7.11 Å². The summed E-state index contributed by atoms with van der Waals surface area (Å²) in [5.74, 6) is -0.0760. The number of esters is 2. The number of methoxy groups -OCH3 is 2. The maximum atomic E-state index is 13.5. The molecule has 270 valence electrons. The molecule has 12 heteroatoms. The number of aromatic nitrogens is 2. The number of nitrogens with zero attached hydrogens (tertiary/aromatic N) is 2. The van der Waals surface area contributed by atoms with Gasteiger partial charge in [-0.25, -0.2) is 0 Å². The van der Waals surface area contributed by atoms with Crippen LogP contribution in [-0.2, 0) is 38.4 Å². The molecule has 0 saturated carbocycles. The Morgan fingerprint density at radius 3 is 2.17 bits per heavy atom. The van der Waals surface area contributed by atoms with Crippen LogP contribution < -0.4 is 20.1 Å². The van der Waals surface area contributed by atoms with E-state index in [1.807, 2.05) is 50.2 Å². The van der Waals surface area contributed by atoms with Crippen molar-refractivity contribution in [2.24, 2.45) is 5.92 Å². The summed E-state index contributed by atoms with van der Waals surface area (Å²) >= 11 is 0. The minimum Gasteiger partial charge on any atom is -0.496 e. The zero-order valence-electron chi connectivity index (χ0n) is 29.7. The lowest BCUT2D eigenvalue weighted by atomic mass is 9.91. The van der Waals surface area contributed by atoms with Crippen LogP contribution in [0.3, 0.4) is 0 Å². The first kappa shape index (κ1) is 36.2. The standard InChI is InChI=1S/C40H42N4O8/c1-23-26(17-35(45)33-18-37(50-4)28(22-42-33)21-41-32-14-16-52-40(32)48)7-5-8-29(23)30-9-6-10-31(24(30)2)44-38(46)34-19-36(49-3)27(20-43-34)12-11-25-13-15-51-39(25)47/h5-10,18-20,22,25,32,41H,11-17,21H2,1-4H3,(H,44,46)/t25-,32-/m1/s1. The Labute approximate surface area is 302 Å². The first-order valence-corrected chi connectivity index (χ1v) is 17.3. The first-order valence-electron chi connectivity index (χ1n) is 17.3. The van der Waals surface area contributed by atoms with E-state index in [9.17, 15) is 19.2 Å². The van der Waals surface area contributed by atoms with Crippen molar-refractivity contribution in [1.29, 1.82) is 0 Å². The minimum absolute atomic E-state index is 0.130. The van der Waals surface area contributed by atoms with Crippen LogP contribution in [-0.4, -0.2) is 67.1 Å². The second kappa shape index (κ2) is 16.2. The molecule has 2 aromatic heterocycles. The number of Topliss-reactive ketones (excluding diaryl/α,β-unsaturated/α-hetero) is 1. The fourth-order valence-electron chi connectivity index (χ4n) is 6.63. The van der Waals surface area contributed by atoms with E-state index in [2.05, 4.69) is 20.6 Å². The number of ether oxygens (including phenoxy) is 4. The molecule has 12 nitrogen and oxygen atoms in total. The number of ketones is 1. The monoisotopic (exact) mass is 706 g/mol. The molecule has 0 bridgehead atoms. The van der Waals surface area contributed by atoms with Gasteiger partial charge in [0.05, 0.1) is 33.4 Å². The third-order valence-corrected chi connectivity index (χ3v) is 9.80. The van der Waals surface area contributed by atoms with Gasteiger partial charge < -0.3 is 24.3 Å². The van der Waals surface area contributed by atoms with Crippen molar-refractivity contribution in [2.75, 3.05) is 32.8 Å². The minimum atomic E-state index is -0.383. The molecule has 0 unspecified atom stereocenters.